The molecule has 0 spiro atoms. The molecule has 8 heteroatoms. The van der Waals surface area contributed by atoms with Crippen LogP contribution in [0.5, 0.6) is 5.75 Å². The number of nitrogens with zero attached hydrogens (tertiary/aromatic N) is 3. The molecule has 0 saturated carbocycles. The van der Waals surface area contributed by atoms with Gasteiger partial charge in [0.2, 0.25) is 0 Å². The Morgan fingerprint density at radius 1 is 1.29 bits per heavy atom. The van der Waals surface area contributed by atoms with Gasteiger partial charge >= 0.3 is 0 Å². The van der Waals surface area contributed by atoms with E-state index in [1.165, 1.54) is 0 Å². The molecule has 0 bridgehead atoms. The maximum absolute atomic E-state index is 5.49. The molecule has 1 heterocycles. The number of rotatable bonds is 10. The van der Waals surface area contributed by atoms with E-state index in [-0.39, 0.29) is 24.0 Å². The van der Waals surface area contributed by atoms with Crippen LogP contribution < -0.4 is 20.3 Å². The van der Waals surface area contributed by atoms with E-state index in [0.29, 0.717) is 6.04 Å². The van der Waals surface area contributed by atoms with Crippen molar-refractivity contribution >= 4 is 35.6 Å². The lowest BCUT2D eigenvalue weighted by Crippen LogP contribution is -2.45. The maximum atomic E-state index is 5.49. The molecule has 0 aromatic heterocycles. The first-order chi connectivity index (χ1) is 13.2. The second-order valence-electron chi connectivity index (χ2n) is 6.90. The molecule has 1 atom stereocenters. The van der Waals surface area contributed by atoms with Crippen molar-refractivity contribution in [2.75, 3.05) is 72.5 Å². The topological polar surface area (TPSA) is 61.4 Å². The third kappa shape index (κ3) is 8.00. The van der Waals surface area contributed by atoms with Gasteiger partial charge in [0.15, 0.2) is 5.96 Å². The van der Waals surface area contributed by atoms with Crippen molar-refractivity contribution in [1.29, 1.82) is 0 Å². The Morgan fingerprint density at radius 2 is 2.07 bits per heavy atom. The maximum Gasteiger partial charge on any atom is 0.191 e. The van der Waals surface area contributed by atoms with Crippen LogP contribution in [-0.4, -0.2) is 84.5 Å². The summed E-state index contributed by atoms with van der Waals surface area (Å²) in [6, 6.07) is 8.58. The second-order valence-corrected chi connectivity index (χ2v) is 6.90. The first-order valence-corrected chi connectivity index (χ1v) is 9.70. The molecule has 0 radical (unpaired) electrons. The number of para-hydroxylation sites is 2. The lowest BCUT2D eigenvalue weighted by molar-refractivity contribution is 0.161. The zero-order valence-electron chi connectivity index (χ0n) is 17.6. The molecular weight excluding hydrogens is 469 g/mol. The number of benzene rings is 1. The fourth-order valence-corrected chi connectivity index (χ4v) is 3.29. The molecule has 1 aromatic carbocycles. The van der Waals surface area contributed by atoms with Gasteiger partial charge in [-0.1, -0.05) is 12.1 Å². The fraction of sp³-hybridized carbons (Fsp3) is 0.650. The highest BCUT2D eigenvalue weighted by molar-refractivity contribution is 14.0. The molecule has 1 aromatic rings. The average molecular weight is 505 g/mol. The molecule has 1 fully saturated rings. The predicted molar refractivity (Wildman–Crippen MR) is 128 cm³/mol. The first kappa shape index (κ1) is 24.8. The third-order valence-electron chi connectivity index (χ3n) is 4.86. The van der Waals surface area contributed by atoms with Crippen molar-refractivity contribution in [3.8, 4) is 5.75 Å². The van der Waals surface area contributed by atoms with E-state index in [0.717, 1.165) is 69.6 Å². The Balaban J connectivity index is 0.00000392. The summed E-state index contributed by atoms with van der Waals surface area (Å²) >= 11 is 0. The number of guanidine groups is 1. The third-order valence-corrected chi connectivity index (χ3v) is 4.86. The van der Waals surface area contributed by atoms with E-state index >= 15 is 0 Å². The highest BCUT2D eigenvalue weighted by Crippen LogP contribution is 2.30. The van der Waals surface area contributed by atoms with Crippen LogP contribution in [0.2, 0.25) is 0 Å². The number of anilines is 1. The standard InChI is InChI=1S/C20H35N5O2.HI/c1-21-20(22-11-7-12-24(2)14-15-26-3)23-17-10-13-25(16-17)18-8-5-6-9-19(18)27-4;/h5-6,8-9,17H,7,10-16H2,1-4H3,(H2,21,22,23);1H. The zero-order chi connectivity index (χ0) is 19.5. The normalized spacial score (nSPS) is 16.8. The largest absolute Gasteiger partial charge is 0.495 e. The summed E-state index contributed by atoms with van der Waals surface area (Å²) in [5.74, 6) is 1.81. The van der Waals surface area contributed by atoms with Crippen molar-refractivity contribution in [3.05, 3.63) is 24.3 Å². The molecule has 1 aliphatic rings. The van der Waals surface area contributed by atoms with Gasteiger partial charge in [-0.15, -0.1) is 24.0 Å². The molecule has 1 saturated heterocycles. The number of hydrogen-bond acceptors (Lipinski definition) is 5. The van der Waals surface area contributed by atoms with E-state index in [1.807, 2.05) is 19.2 Å². The van der Waals surface area contributed by atoms with Crippen molar-refractivity contribution in [2.45, 2.75) is 18.9 Å². The van der Waals surface area contributed by atoms with Crippen LogP contribution in [0, 0.1) is 0 Å². The highest BCUT2D eigenvalue weighted by atomic mass is 127. The quantitative estimate of drug-likeness (QED) is 0.220. The second kappa shape index (κ2) is 13.8. The Morgan fingerprint density at radius 3 is 2.79 bits per heavy atom. The minimum absolute atomic E-state index is 0. The fourth-order valence-electron chi connectivity index (χ4n) is 3.29. The molecule has 7 nitrogen and oxygen atoms in total. The lowest BCUT2D eigenvalue weighted by Gasteiger charge is -2.22. The summed E-state index contributed by atoms with van der Waals surface area (Å²) in [6.45, 7) is 5.64. The number of aliphatic imine (C=N–C) groups is 1. The van der Waals surface area contributed by atoms with Crippen LogP contribution in [0.3, 0.4) is 0 Å². The van der Waals surface area contributed by atoms with Crippen molar-refractivity contribution in [1.82, 2.24) is 15.5 Å². The van der Waals surface area contributed by atoms with Gasteiger partial charge in [-0.2, -0.15) is 0 Å². The molecule has 0 amide bonds. The van der Waals surface area contributed by atoms with Gasteiger partial charge in [-0.05, 0) is 38.6 Å². The highest BCUT2D eigenvalue weighted by Gasteiger charge is 2.25. The summed E-state index contributed by atoms with van der Waals surface area (Å²) in [5.41, 5.74) is 1.16. The van der Waals surface area contributed by atoms with Gasteiger partial charge in [0, 0.05) is 46.4 Å². The van der Waals surface area contributed by atoms with Gasteiger partial charge in [0.05, 0.1) is 19.4 Å². The zero-order valence-corrected chi connectivity index (χ0v) is 19.9. The molecule has 0 aliphatic carbocycles. The van der Waals surface area contributed by atoms with E-state index in [2.05, 4.69) is 44.6 Å². The molecule has 28 heavy (non-hydrogen) atoms. The number of nitrogens with one attached hydrogen (secondary N) is 2. The summed E-state index contributed by atoms with van der Waals surface area (Å²) < 4.78 is 10.6. The number of halogens is 1. The molecule has 1 aliphatic heterocycles. The van der Waals surface area contributed by atoms with Crippen LogP contribution in [0.25, 0.3) is 0 Å². The van der Waals surface area contributed by atoms with Gasteiger partial charge < -0.3 is 29.9 Å². The minimum atomic E-state index is 0. The SMILES string of the molecule is CN=C(NCCCN(C)CCOC)NC1CCN(c2ccccc2OC)C1.I. The van der Waals surface area contributed by atoms with E-state index in [4.69, 9.17) is 9.47 Å². The number of ether oxygens (including phenoxy) is 2. The summed E-state index contributed by atoms with van der Waals surface area (Å²) in [4.78, 5) is 9.02. The van der Waals surface area contributed by atoms with E-state index in [9.17, 15) is 0 Å². The van der Waals surface area contributed by atoms with E-state index < -0.39 is 0 Å². The van der Waals surface area contributed by atoms with Crippen LogP contribution in [0.1, 0.15) is 12.8 Å². The van der Waals surface area contributed by atoms with Gasteiger partial charge in [-0.3, -0.25) is 4.99 Å². The van der Waals surface area contributed by atoms with Crippen LogP contribution in [0.4, 0.5) is 5.69 Å². The molecule has 1 unspecified atom stereocenters. The van der Waals surface area contributed by atoms with Crippen molar-refractivity contribution in [3.63, 3.8) is 0 Å². The van der Waals surface area contributed by atoms with Crippen LogP contribution in [-0.2, 0) is 4.74 Å². The molecule has 2 N–H and O–H groups in total. The predicted octanol–water partition coefficient (Wildman–Crippen LogP) is 2.03. The number of likely N-dealkylation sites (N-methyl/N-ethyl adjacent to an activating group) is 1. The molecular formula is C20H36IN5O2. The van der Waals surface area contributed by atoms with E-state index in [1.54, 1.807) is 14.2 Å². The Labute approximate surface area is 186 Å². The number of methoxy groups -OCH3 is 2. The van der Waals surface area contributed by atoms with Gasteiger partial charge in [0.1, 0.15) is 5.75 Å². The Hall–Kier alpha value is -1.26. The lowest BCUT2D eigenvalue weighted by atomic mass is 10.2. The Kier molecular flexibility index (Phi) is 12.2. The van der Waals surface area contributed by atoms with Crippen molar-refractivity contribution < 1.29 is 9.47 Å². The van der Waals surface area contributed by atoms with Gasteiger partial charge in [0.25, 0.3) is 0 Å². The van der Waals surface area contributed by atoms with Crippen LogP contribution >= 0.6 is 24.0 Å². The minimum Gasteiger partial charge on any atom is -0.495 e. The van der Waals surface area contributed by atoms with Gasteiger partial charge in [-0.25, -0.2) is 0 Å². The average Bonchev–Trinajstić information content (AvgIpc) is 3.16. The summed E-state index contributed by atoms with van der Waals surface area (Å²) in [5, 5.41) is 6.97. The molecule has 160 valence electrons. The van der Waals surface area contributed by atoms with Crippen molar-refractivity contribution in [2.24, 2.45) is 4.99 Å². The molecule has 2 rings (SSSR count). The monoisotopic (exact) mass is 505 g/mol. The summed E-state index contributed by atoms with van der Waals surface area (Å²) in [7, 11) is 7.41. The van der Waals surface area contributed by atoms with Crippen LogP contribution in [0.15, 0.2) is 29.3 Å². The smallest absolute Gasteiger partial charge is 0.191 e. The summed E-state index contributed by atoms with van der Waals surface area (Å²) in [6.07, 6.45) is 2.15. The Bertz CT molecular complexity index is 587. The number of hydrogen-bond donors (Lipinski definition) is 2. The first-order valence-electron chi connectivity index (χ1n) is 9.70.